The van der Waals surface area contributed by atoms with E-state index in [1.807, 2.05) is 13.8 Å². The summed E-state index contributed by atoms with van der Waals surface area (Å²) in [6.07, 6.45) is 1.27. The van der Waals surface area contributed by atoms with Crippen LogP contribution in [0.3, 0.4) is 0 Å². The van der Waals surface area contributed by atoms with Crippen LogP contribution in [0.1, 0.15) is 50.6 Å². The fourth-order valence-electron chi connectivity index (χ4n) is 2.23. The van der Waals surface area contributed by atoms with Crippen molar-refractivity contribution >= 4 is 23.5 Å². The maximum Gasteiger partial charge on any atom is 0.354 e. The van der Waals surface area contributed by atoms with Gasteiger partial charge in [-0.2, -0.15) is 0 Å². The number of hydrogen-bond acceptors (Lipinski definition) is 4. The van der Waals surface area contributed by atoms with E-state index in [0.717, 1.165) is 5.56 Å². The second-order valence-electron chi connectivity index (χ2n) is 6.32. The predicted molar refractivity (Wildman–Crippen MR) is 97.5 cm³/mol. The van der Waals surface area contributed by atoms with Crippen LogP contribution < -0.4 is 10.6 Å². The molecule has 2 amide bonds. The molecule has 136 valence electrons. The first-order valence-corrected chi connectivity index (χ1v) is 8.17. The molecule has 2 rings (SSSR count). The lowest BCUT2D eigenvalue weighted by atomic mass is 10.1. The number of anilines is 1. The molecule has 1 aromatic heterocycles. The molecule has 1 aromatic carbocycles. The minimum absolute atomic E-state index is 0.167. The molecule has 0 bridgehead atoms. The van der Waals surface area contributed by atoms with Gasteiger partial charge in [-0.25, -0.2) is 9.78 Å². The lowest BCUT2D eigenvalue weighted by Crippen LogP contribution is -2.27. The van der Waals surface area contributed by atoms with E-state index in [-0.39, 0.29) is 17.2 Å². The van der Waals surface area contributed by atoms with Crippen LogP contribution in [0.15, 0.2) is 36.5 Å². The number of amides is 2. The van der Waals surface area contributed by atoms with Gasteiger partial charge in [0.15, 0.2) is 0 Å². The van der Waals surface area contributed by atoms with E-state index in [1.165, 1.54) is 18.3 Å². The van der Waals surface area contributed by atoms with Crippen LogP contribution in [0.25, 0.3) is 0 Å². The number of aromatic carboxylic acids is 1. The van der Waals surface area contributed by atoms with Crippen LogP contribution in [0.2, 0.25) is 0 Å². The molecule has 0 unspecified atom stereocenters. The van der Waals surface area contributed by atoms with E-state index >= 15 is 0 Å². The molecule has 3 N–H and O–H groups in total. The number of nitrogens with one attached hydrogen (secondary N) is 2. The predicted octanol–water partition coefficient (Wildman–Crippen LogP) is 2.73. The van der Waals surface area contributed by atoms with Crippen molar-refractivity contribution in [1.82, 2.24) is 10.3 Å². The highest BCUT2D eigenvalue weighted by atomic mass is 16.4. The highest BCUT2D eigenvalue weighted by Gasteiger charge is 2.13. The Balaban J connectivity index is 2.12. The Bertz CT molecular complexity index is 846. The number of carbonyl (C=O) groups is 3. The average Bonchev–Trinajstić information content (AvgIpc) is 2.61. The van der Waals surface area contributed by atoms with E-state index in [4.69, 9.17) is 5.11 Å². The van der Waals surface area contributed by atoms with Gasteiger partial charge in [-0.05, 0) is 48.7 Å². The number of hydrogen-bond donors (Lipinski definition) is 3. The zero-order valence-electron chi connectivity index (χ0n) is 14.9. The second-order valence-corrected chi connectivity index (χ2v) is 6.32. The van der Waals surface area contributed by atoms with E-state index in [1.54, 1.807) is 25.1 Å². The lowest BCUT2D eigenvalue weighted by Gasteiger charge is -2.12. The molecule has 0 fully saturated rings. The molecule has 7 heteroatoms. The molecule has 2 aromatic rings. The van der Waals surface area contributed by atoms with Gasteiger partial charge in [0.2, 0.25) is 0 Å². The van der Waals surface area contributed by atoms with Crippen LogP contribution in [0, 0.1) is 12.8 Å². The molecule has 0 aliphatic heterocycles. The minimum atomic E-state index is -1.20. The number of carboxylic acids is 1. The zero-order chi connectivity index (χ0) is 19.3. The van der Waals surface area contributed by atoms with Crippen LogP contribution in [0.4, 0.5) is 5.69 Å². The molecule has 1 heterocycles. The fourth-order valence-corrected chi connectivity index (χ4v) is 2.23. The monoisotopic (exact) mass is 355 g/mol. The molecule has 0 saturated carbocycles. The van der Waals surface area contributed by atoms with Crippen LogP contribution in [0.5, 0.6) is 0 Å². The number of aromatic nitrogens is 1. The van der Waals surface area contributed by atoms with Crippen molar-refractivity contribution in [2.24, 2.45) is 5.92 Å². The summed E-state index contributed by atoms with van der Waals surface area (Å²) in [6, 6.07) is 7.62. The Morgan fingerprint density at radius 2 is 1.77 bits per heavy atom. The summed E-state index contributed by atoms with van der Waals surface area (Å²) >= 11 is 0. The van der Waals surface area contributed by atoms with E-state index in [9.17, 15) is 14.4 Å². The maximum absolute atomic E-state index is 12.3. The van der Waals surface area contributed by atoms with Gasteiger partial charge >= 0.3 is 5.97 Å². The lowest BCUT2D eigenvalue weighted by molar-refractivity contribution is 0.0690. The second kappa shape index (κ2) is 8.24. The van der Waals surface area contributed by atoms with Crippen LogP contribution >= 0.6 is 0 Å². The number of nitrogens with zero attached hydrogens (tertiary/aromatic N) is 1. The van der Waals surface area contributed by atoms with Gasteiger partial charge in [0.05, 0.1) is 0 Å². The molecule has 0 atom stereocenters. The normalized spacial score (nSPS) is 10.5. The molecule has 7 nitrogen and oxygen atoms in total. The molecule has 0 aliphatic carbocycles. The highest BCUT2D eigenvalue weighted by Crippen LogP contribution is 2.18. The number of aryl methyl sites for hydroxylation is 1. The molecule has 0 radical (unpaired) electrons. The first-order valence-electron chi connectivity index (χ1n) is 8.17. The largest absolute Gasteiger partial charge is 0.477 e. The Kier molecular flexibility index (Phi) is 6.06. The number of rotatable bonds is 6. The third kappa shape index (κ3) is 4.89. The summed E-state index contributed by atoms with van der Waals surface area (Å²) < 4.78 is 0. The molecule has 0 spiro atoms. The van der Waals surface area contributed by atoms with E-state index in [0.29, 0.717) is 23.7 Å². The molecular weight excluding hydrogens is 334 g/mol. The Hall–Kier alpha value is -3.22. The molecular formula is C19H21N3O4. The summed E-state index contributed by atoms with van der Waals surface area (Å²) in [5.74, 6) is -1.46. The molecule has 0 aliphatic rings. The number of pyridine rings is 1. The average molecular weight is 355 g/mol. The van der Waals surface area contributed by atoms with E-state index < -0.39 is 11.9 Å². The van der Waals surface area contributed by atoms with Crippen molar-refractivity contribution in [3.05, 3.63) is 58.9 Å². The van der Waals surface area contributed by atoms with Gasteiger partial charge in [0.1, 0.15) is 5.69 Å². The number of carbonyl (C=O) groups excluding carboxylic acids is 2. The van der Waals surface area contributed by atoms with Crippen LogP contribution in [-0.4, -0.2) is 34.4 Å². The van der Waals surface area contributed by atoms with Gasteiger partial charge in [-0.3, -0.25) is 9.59 Å². The molecule has 26 heavy (non-hydrogen) atoms. The SMILES string of the molecule is Cc1cc(C(=O)NCC(C)C)ccc1NC(=O)c1ccnc(C(=O)O)c1. The Morgan fingerprint density at radius 1 is 1.08 bits per heavy atom. The number of benzene rings is 1. The molecule has 0 saturated heterocycles. The van der Waals surface area contributed by atoms with Crippen molar-refractivity contribution in [3.8, 4) is 0 Å². The van der Waals surface area contributed by atoms with Crippen LogP contribution in [-0.2, 0) is 0 Å². The van der Waals surface area contributed by atoms with Crippen molar-refractivity contribution in [2.75, 3.05) is 11.9 Å². The topological polar surface area (TPSA) is 108 Å². The summed E-state index contributed by atoms with van der Waals surface area (Å²) in [4.78, 5) is 39.1. The maximum atomic E-state index is 12.3. The van der Waals surface area contributed by atoms with Gasteiger partial charge in [-0.1, -0.05) is 13.8 Å². The summed E-state index contributed by atoms with van der Waals surface area (Å²) in [5, 5.41) is 14.5. The number of carboxylic acid groups (broad SMARTS) is 1. The van der Waals surface area contributed by atoms with Gasteiger partial charge in [0, 0.05) is 29.6 Å². The van der Waals surface area contributed by atoms with Crippen molar-refractivity contribution in [3.63, 3.8) is 0 Å². The van der Waals surface area contributed by atoms with Gasteiger partial charge in [0.25, 0.3) is 11.8 Å². The summed E-state index contributed by atoms with van der Waals surface area (Å²) in [5.41, 5.74) is 1.77. The van der Waals surface area contributed by atoms with Crippen molar-refractivity contribution < 1.29 is 19.5 Å². The van der Waals surface area contributed by atoms with E-state index in [2.05, 4.69) is 15.6 Å². The zero-order valence-corrected chi connectivity index (χ0v) is 14.9. The highest BCUT2D eigenvalue weighted by molar-refractivity contribution is 6.06. The quantitative estimate of drug-likeness (QED) is 0.738. The van der Waals surface area contributed by atoms with Crippen molar-refractivity contribution in [1.29, 1.82) is 0 Å². The first kappa shape index (κ1) is 19.1. The Labute approximate surface area is 151 Å². The third-order valence-electron chi connectivity index (χ3n) is 3.65. The van der Waals surface area contributed by atoms with Gasteiger partial charge in [-0.15, -0.1) is 0 Å². The standard InChI is InChI=1S/C19H21N3O4/c1-11(2)10-21-17(23)13-4-5-15(12(3)8-13)22-18(24)14-6-7-20-16(9-14)19(25)26/h4-9,11H,10H2,1-3H3,(H,21,23)(H,22,24)(H,25,26). The smallest absolute Gasteiger partial charge is 0.354 e. The van der Waals surface area contributed by atoms with Crippen molar-refractivity contribution in [2.45, 2.75) is 20.8 Å². The van der Waals surface area contributed by atoms with Gasteiger partial charge < -0.3 is 15.7 Å². The summed E-state index contributed by atoms with van der Waals surface area (Å²) in [7, 11) is 0. The minimum Gasteiger partial charge on any atom is -0.477 e. The summed E-state index contributed by atoms with van der Waals surface area (Å²) in [6.45, 7) is 6.40. The Morgan fingerprint density at radius 3 is 2.38 bits per heavy atom. The first-order chi connectivity index (χ1) is 12.3. The fraction of sp³-hybridized carbons (Fsp3) is 0.263. The third-order valence-corrected chi connectivity index (χ3v) is 3.65.